The maximum Gasteiger partial charge on any atom is 0.194 e. The zero-order valence-corrected chi connectivity index (χ0v) is 8.98. The molecule has 0 unspecified atom stereocenters. The summed E-state index contributed by atoms with van der Waals surface area (Å²) in [4.78, 5) is 12.3. The zero-order chi connectivity index (χ0) is 11.8. The summed E-state index contributed by atoms with van der Waals surface area (Å²) in [6.45, 7) is 0. The first-order valence-corrected chi connectivity index (χ1v) is 5.37. The molecule has 3 aromatic carbocycles. The van der Waals surface area contributed by atoms with E-state index in [1.165, 1.54) is 12.1 Å². The Morgan fingerprint density at radius 2 is 1.41 bits per heavy atom. The fourth-order valence-electron chi connectivity index (χ4n) is 2.04. The lowest BCUT2D eigenvalue weighted by Crippen LogP contribution is -1.98. The minimum absolute atomic E-state index is 0.125. The molecule has 82 valence electrons. The quantitative estimate of drug-likeness (QED) is 0.571. The Balaban J connectivity index is 2.65. The maximum atomic E-state index is 13.2. The molecular formula is C15H9FO. The van der Waals surface area contributed by atoms with Gasteiger partial charge in [0.25, 0.3) is 0 Å². The Morgan fingerprint density at radius 1 is 0.765 bits per heavy atom. The van der Waals surface area contributed by atoms with Crippen molar-refractivity contribution in [1.29, 1.82) is 0 Å². The van der Waals surface area contributed by atoms with Gasteiger partial charge in [-0.2, -0.15) is 0 Å². The fraction of sp³-hybridized carbons (Fsp3) is 0. The van der Waals surface area contributed by atoms with E-state index < -0.39 is 0 Å². The first kappa shape index (κ1) is 9.97. The van der Waals surface area contributed by atoms with Crippen molar-refractivity contribution in [3.63, 3.8) is 0 Å². The van der Waals surface area contributed by atoms with Gasteiger partial charge in [-0.3, -0.25) is 4.79 Å². The molecule has 0 aliphatic carbocycles. The minimum Gasteiger partial charge on any atom is -0.289 e. The van der Waals surface area contributed by atoms with E-state index in [0.29, 0.717) is 10.8 Å². The summed E-state index contributed by atoms with van der Waals surface area (Å²) < 4.78 is 13.2. The molecule has 17 heavy (non-hydrogen) atoms. The molecule has 0 spiro atoms. The molecule has 1 nitrogen and oxygen atoms in total. The molecule has 0 aliphatic heterocycles. The third-order valence-corrected chi connectivity index (χ3v) is 2.91. The van der Waals surface area contributed by atoms with Gasteiger partial charge in [-0.25, -0.2) is 4.39 Å². The zero-order valence-electron chi connectivity index (χ0n) is 8.98. The summed E-state index contributed by atoms with van der Waals surface area (Å²) in [5.41, 5.74) is -0.125. The van der Waals surface area contributed by atoms with Crippen LogP contribution in [0.1, 0.15) is 0 Å². The highest BCUT2D eigenvalue weighted by Gasteiger charge is 2.02. The third kappa shape index (κ3) is 1.58. The predicted molar refractivity (Wildman–Crippen MR) is 67.7 cm³/mol. The number of halogens is 1. The first-order valence-electron chi connectivity index (χ1n) is 5.37. The highest BCUT2D eigenvalue weighted by Crippen LogP contribution is 2.15. The van der Waals surface area contributed by atoms with Gasteiger partial charge in [-0.15, -0.1) is 0 Å². The SMILES string of the molecule is O=c1c2ccccc2ccc2ccc(F)cc12. The predicted octanol–water partition coefficient (Wildman–Crippen LogP) is 3.49. The first-order chi connectivity index (χ1) is 8.25. The van der Waals surface area contributed by atoms with E-state index >= 15 is 0 Å². The van der Waals surface area contributed by atoms with Gasteiger partial charge in [0.05, 0.1) is 0 Å². The van der Waals surface area contributed by atoms with Crippen LogP contribution in [-0.2, 0) is 0 Å². The molecule has 0 heterocycles. The molecular weight excluding hydrogens is 215 g/mol. The van der Waals surface area contributed by atoms with Gasteiger partial charge in [0.2, 0.25) is 0 Å². The van der Waals surface area contributed by atoms with Crippen LogP contribution >= 0.6 is 0 Å². The monoisotopic (exact) mass is 224 g/mol. The number of hydrogen-bond acceptors (Lipinski definition) is 1. The van der Waals surface area contributed by atoms with Crippen LogP contribution in [0.3, 0.4) is 0 Å². The van der Waals surface area contributed by atoms with E-state index in [4.69, 9.17) is 0 Å². The highest BCUT2D eigenvalue weighted by molar-refractivity contribution is 5.93. The van der Waals surface area contributed by atoms with Crippen LogP contribution in [0.25, 0.3) is 21.5 Å². The van der Waals surface area contributed by atoms with Crippen LogP contribution in [0.15, 0.2) is 59.4 Å². The summed E-state index contributed by atoms with van der Waals surface area (Å²) in [5, 5.41) is 2.67. The largest absolute Gasteiger partial charge is 0.289 e. The van der Waals surface area contributed by atoms with Gasteiger partial charge < -0.3 is 0 Å². The number of hydrogen-bond donors (Lipinski definition) is 0. The Morgan fingerprint density at radius 3 is 2.24 bits per heavy atom. The second-order valence-electron chi connectivity index (χ2n) is 3.98. The molecule has 0 fully saturated rings. The molecule has 0 amide bonds. The van der Waals surface area contributed by atoms with Crippen molar-refractivity contribution >= 4 is 21.5 Å². The molecule has 0 atom stereocenters. The molecule has 0 saturated heterocycles. The second-order valence-corrected chi connectivity index (χ2v) is 3.98. The summed E-state index contributed by atoms with van der Waals surface area (Å²) in [7, 11) is 0. The molecule has 0 saturated carbocycles. The average Bonchev–Trinajstić information content (AvgIpc) is 2.49. The summed E-state index contributed by atoms with van der Waals surface area (Å²) in [5.74, 6) is -0.384. The molecule has 0 aromatic heterocycles. The van der Waals surface area contributed by atoms with Crippen molar-refractivity contribution in [1.82, 2.24) is 0 Å². The van der Waals surface area contributed by atoms with Crippen LogP contribution in [0, 0.1) is 5.82 Å². The van der Waals surface area contributed by atoms with E-state index in [2.05, 4.69) is 0 Å². The van der Waals surface area contributed by atoms with Crippen molar-refractivity contribution in [2.75, 3.05) is 0 Å². The average molecular weight is 224 g/mol. The van der Waals surface area contributed by atoms with Crippen LogP contribution in [0.2, 0.25) is 0 Å². The lowest BCUT2D eigenvalue weighted by Gasteiger charge is -1.92. The molecule has 3 rings (SSSR count). The van der Waals surface area contributed by atoms with Gasteiger partial charge in [-0.05, 0) is 22.9 Å². The van der Waals surface area contributed by atoms with Crippen LogP contribution in [0.5, 0.6) is 0 Å². The van der Waals surface area contributed by atoms with Gasteiger partial charge >= 0.3 is 0 Å². The topological polar surface area (TPSA) is 17.1 Å². The van der Waals surface area contributed by atoms with Crippen LogP contribution < -0.4 is 5.43 Å². The van der Waals surface area contributed by atoms with E-state index in [-0.39, 0.29) is 11.2 Å². The highest BCUT2D eigenvalue weighted by atomic mass is 19.1. The van der Waals surface area contributed by atoms with E-state index in [0.717, 1.165) is 10.8 Å². The maximum absolute atomic E-state index is 13.2. The number of rotatable bonds is 0. The van der Waals surface area contributed by atoms with Gasteiger partial charge in [0.15, 0.2) is 5.43 Å². The number of benzene rings is 2. The lowest BCUT2D eigenvalue weighted by atomic mass is 10.1. The molecule has 0 bridgehead atoms. The Labute approximate surface area is 97.1 Å². The summed E-state index contributed by atoms with van der Waals surface area (Å²) in [6.07, 6.45) is 0. The van der Waals surface area contributed by atoms with Crippen molar-refractivity contribution in [3.05, 3.63) is 70.6 Å². The number of fused-ring (bicyclic) bond motifs is 2. The van der Waals surface area contributed by atoms with E-state index in [1.807, 2.05) is 30.3 Å². The van der Waals surface area contributed by atoms with E-state index in [9.17, 15) is 9.18 Å². The van der Waals surface area contributed by atoms with Gasteiger partial charge in [0.1, 0.15) is 5.82 Å². The van der Waals surface area contributed by atoms with Crippen molar-refractivity contribution in [2.45, 2.75) is 0 Å². The van der Waals surface area contributed by atoms with Crippen LogP contribution in [0.4, 0.5) is 4.39 Å². The minimum atomic E-state index is -0.384. The molecule has 0 N–H and O–H groups in total. The smallest absolute Gasteiger partial charge is 0.194 e. The van der Waals surface area contributed by atoms with Gasteiger partial charge in [-0.1, -0.05) is 42.5 Å². The molecule has 2 heteroatoms. The van der Waals surface area contributed by atoms with E-state index in [1.54, 1.807) is 12.1 Å². The normalized spacial score (nSPS) is 10.9. The van der Waals surface area contributed by atoms with Gasteiger partial charge in [0, 0.05) is 10.8 Å². The molecule has 0 radical (unpaired) electrons. The Hall–Kier alpha value is -2.22. The van der Waals surface area contributed by atoms with Crippen molar-refractivity contribution in [2.24, 2.45) is 0 Å². The lowest BCUT2D eigenvalue weighted by molar-refractivity contribution is 0.629. The molecule has 3 aromatic rings. The third-order valence-electron chi connectivity index (χ3n) is 2.91. The fourth-order valence-corrected chi connectivity index (χ4v) is 2.04. The van der Waals surface area contributed by atoms with Crippen LogP contribution in [-0.4, -0.2) is 0 Å². The summed E-state index contributed by atoms with van der Waals surface area (Å²) >= 11 is 0. The summed E-state index contributed by atoms with van der Waals surface area (Å²) in [6, 6.07) is 15.4. The Bertz CT molecular complexity index is 778. The van der Waals surface area contributed by atoms with Crippen molar-refractivity contribution in [3.8, 4) is 0 Å². The van der Waals surface area contributed by atoms with Crippen molar-refractivity contribution < 1.29 is 4.39 Å². The Kier molecular flexibility index (Phi) is 2.15. The second kappa shape index (κ2) is 3.67. The molecule has 0 aliphatic rings. The standard InChI is InChI=1S/C15H9FO/c16-12-8-7-11-6-5-10-3-1-2-4-13(10)15(17)14(11)9-12/h1-9H.